The fourth-order valence-electron chi connectivity index (χ4n) is 1.78. The number of carboxylic acid groups (broad SMARTS) is 1. The largest absolute Gasteiger partial charge is 0.494 e. The predicted molar refractivity (Wildman–Crippen MR) is 70.9 cm³/mol. The maximum atomic E-state index is 13.6. The Kier molecular flexibility index (Phi) is 5.96. The van der Waals surface area contributed by atoms with Crippen LogP contribution in [0.1, 0.15) is 25.3 Å². The predicted octanol–water partition coefficient (Wildman–Crippen LogP) is 2.05. The van der Waals surface area contributed by atoms with Crippen LogP contribution in [-0.4, -0.2) is 35.5 Å². The minimum Gasteiger partial charge on any atom is -0.494 e. The zero-order valence-electron chi connectivity index (χ0n) is 11.6. The molecule has 0 radical (unpaired) electrons. The molecule has 1 amide bonds. The molecule has 0 unspecified atom stereocenters. The van der Waals surface area contributed by atoms with Gasteiger partial charge in [-0.25, -0.2) is 4.39 Å². The lowest BCUT2D eigenvalue weighted by Crippen LogP contribution is -2.30. The minimum absolute atomic E-state index is 0.0538. The number of hydrogen-bond acceptors (Lipinski definition) is 3. The molecule has 110 valence electrons. The minimum atomic E-state index is -1.01. The zero-order chi connectivity index (χ0) is 15.1. The van der Waals surface area contributed by atoms with Gasteiger partial charge in [-0.15, -0.1) is 0 Å². The number of halogens is 1. The van der Waals surface area contributed by atoms with Gasteiger partial charge in [0.25, 0.3) is 0 Å². The van der Waals surface area contributed by atoms with Crippen LogP contribution < -0.4 is 4.74 Å². The Morgan fingerprint density at radius 3 is 2.55 bits per heavy atom. The van der Waals surface area contributed by atoms with E-state index in [1.54, 1.807) is 13.0 Å². The second kappa shape index (κ2) is 7.47. The topological polar surface area (TPSA) is 66.8 Å². The molecule has 0 fully saturated rings. The molecule has 0 atom stereocenters. The van der Waals surface area contributed by atoms with Crippen LogP contribution in [0, 0.1) is 5.82 Å². The van der Waals surface area contributed by atoms with Gasteiger partial charge in [0.15, 0.2) is 11.6 Å². The summed E-state index contributed by atoms with van der Waals surface area (Å²) in [7, 11) is 1.38. The summed E-state index contributed by atoms with van der Waals surface area (Å²) in [6.07, 6.45) is -0.256. The molecule has 0 aromatic heterocycles. The van der Waals surface area contributed by atoms with E-state index in [4.69, 9.17) is 9.84 Å². The van der Waals surface area contributed by atoms with Crippen molar-refractivity contribution in [3.63, 3.8) is 0 Å². The van der Waals surface area contributed by atoms with Gasteiger partial charge < -0.3 is 14.7 Å². The van der Waals surface area contributed by atoms with Gasteiger partial charge in [-0.3, -0.25) is 9.59 Å². The molecule has 0 saturated heterocycles. The number of carbonyl (C=O) groups excluding carboxylic acids is 1. The Balaban J connectivity index is 2.70. The van der Waals surface area contributed by atoms with Gasteiger partial charge in [-0.2, -0.15) is 0 Å². The van der Waals surface area contributed by atoms with Crippen molar-refractivity contribution in [2.45, 2.75) is 26.3 Å². The van der Waals surface area contributed by atoms with Crippen LogP contribution in [-0.2, 0) is 16.1 Å². The van der Waals surface area contributed by atoms with Crippen LogP contribution in [0.3, 0.4) is 0 Å². The number of nitrogens with zero attached hydrogens (tertiary/aromatic N) is 1. The van der Waals surface area contributed by atoms with E-state index in [1.807, 2.05) is 0 Å². The van der Waals surface area contributed by atoms with E-state index in [0.29, 0.717) is 12.1 Å². The van der Waals surface area contributed by atoms with Gasteiger partial charge in [-0.05, 0) is 24.6 Å². The first kappa shape index (κ1) is 15.9. The van der Waals surface area contributed by atoms with Crippen molar-refractivity contribution in [3.05, 3.63) is 29.6 Å². The Labute approximate surface area is 117 Å². The number of carbonyl (C=O) groups is 2. The van der Waals surface area contributed by atoms with Crippen LogP contribution in [0.4, 0.5) is 4.39 Å². The number of methoxy groups -OCH3 is 1. The highest BCUT2D eigenvalue weighted by molar-refractivity contribution is 5.80. The first-order valence-corrected chi connectivity index (χ1v) is 6.30. The van der Waals surface area contributed by atoms with E-state index in [2.05, 4.69) is 0 Å². The van der Waals surface area contributed by atoms with Crippen LogP contribution in [0.15, 0.2) is 18.2 Å². The lowest BCUT2D eigenvalue weighted by molar-refractivity contribution is -0.141. The smallest absolute Gasteiger partial charge is 0.303 e. The summed E-state index contributed by atoms with van der Waals surface area (Å²) in [5.74, 6) is -1.61. The fraction of sp³-hybridized carbons (Fsp3) is 0.429. The molecule has 1 aromatic rings. The summed E-state index contributed by atoms with van der Waals surface area (Å²) in [5, 5.41) is 8.57. The Bertz CT molecular complexity index is 490. The highest BCUT2D eigenvalue weighted by Gasteiger charge is 2.14. The summed E-state index contributed by atoms with van der Waals surface area (Å²) in [6.45, 7) is 2.47. The maximum absolute atomic E-state index is 13.6. The molecule has 0 saturated carbocycles. The monoisotopic (exact) mass is 283 g/mol. The molecular formula is C14H18FNO4. The Morgan fingerprint density at radius 2 is 2.05 bits per heavy atom. The van der Waals surface area contributed by atoms with Crippen molar-refractivity contribution in [2.24, 2.45) is 0 Å². The third kappa shape index (κ3) is 4.53. The summed E-state index contributed by atoms with van der Waals surface area (Å²) >= 11 is 0. The van der Waals surface area contributed by atoms with E-state index in [1.165, 1.54) is 24.1 Å². The number of hydrogen-bond donors (Lipinski definition) is 1. The molecule has 20 heavy (non-hydrogen) atoms. The van der Waals surface area contributed by atoms with Crippen molar-refractivity contribution in [1.82, 2.24) is 4.90 Å². The third-order valence-electron chi connectivity index (χ3n) is 2.88. The fourth-order valence-corrected chi connectivity index (χ4v) is 1.78. The van der Waals surface area contributed by atoms with Crippen molar-refractivity contribution in [3.8, 4) is 5.75 Å². The standard InChI is InChI=1S/C14H18FNO4/c1-3-16(13(17)6-7-14(18)19)9-10-4-5-12(20-2)11(15)8-10/h4-5,8H,3,6-7,9H2,1-2H3,(H,18,19). The number of aliphatic carboxylic acids is 1. The Morgan fingerprint density at radius 1 is 1.35 bits per heavy atom. The average molecular weight is 283 g/mol. The molecule has 0 aliphatic heterocycles. The second-order valence-corrected chi connectivity index (χ2v) is 4.27. The van der Waals surface area contributed by atoms with Crippen molar-refractivity contribution < 1.29 is 23.8 Å². The van der Waals surface area contributed by atoms with Gasteiger partial charge in [0.2, 0.25) is 5.91 Å². The molecular weight excluding hydrogens is 265 g/mol. The van der Waals surface area contributed by atoms with Crippen molar-refractivity contribution in [1.29, 1.82) is 0 Å². The summed E-state index contributed by atoms with van der Waals surface area (Å²) in [6, 6.07) is 4.49. The van der Waals surface area contributed by atoms with Gasteiger partial charge in [0.05, 0.1) is 13.5 Å². The molecule has 0 heterocycles. The SMILES string of the molecule is CCN(Cc1ccc(OC)c(F)c1)C(=O)CCC(=O)O. The van der Waals surface area contributed by atoms with Gasteiger partial charge >= 0.3 is 5.97 Å². The molecule has 0 spiro atoms. The molecule has 5 nitrogen and oxygen atoms in total. The van der Waals surface area contributed by atoms with E-state index < -0.39 is 11.8 Å². The van der Waals surface area contributed by atoms with Gasteiger partial charge in [0, 0.05) is 19.5 Å². The first-order chi connectivity index (χ1) is 9.47. The van der Waals surface area contributed by atoms with Gasteiger partial charge in [0.1, 0.15) is 0 Å². The number of benzene rings is 1. The normalized spacial score (nSPS) is 10.2. The van der Waals surface area contributed by atoms with Crippen LogP contribution in [0.5, 0.6) is 5.75 Å². The maximum Gasteiger partial charge on any atom is 0.303 e. The van der Waals surface area contributed by atoms with Crippen LogP contribution >= 0.6 is 0 Å². The van der Waals surface area contributed by atoms with E-state index in [-0.39, 0.29) is 31.0 Å². The van der Waals surface area contributed by atoms with E-state index >= 15 is 0 Å². The number of rotatable bonds is 7. The molecule has 6 heteroatoms. The van der Waals surface area contributed by atoms with E-state index in [0.717, 1.165) is 0 Å². The van der Waals surface area contributed by atoms with Gasteiger partial charge in [-0.1, -0.05) is 6.07 Å². The third-order valence-corrected chi connectivity index (χ3v) is 2.88. The van der Waals surface area contributed by atoms with Crippen molar-refractivity contribution >= 4 is 11.9 Å². The Hall–Kier alpha value is -2.11. The number of ether oxygens (including phenoxy) is 1. The number of carboxylic acids is 1. The highest BCUT2D eigenvalue weighted by atomic mass is 19.1. The number of amides is 1. The highest BCUT2D eigenvalue weighted by Crippen LogP contribution is 2.19. The van der Waals surface area contributed by atoms with E-state index in [9.17, 15) is 14.0 Å². The van der Waals surface area contributed by atoms with Crippen LogP contribution in [0.25, 0.3) is 0 Å². The molecule has 1 aromatic carbocycles. The lowest BCUT2D eigenvalue weighted by atomic mass is 10.2. The molecule has 1 N–H and O–H groups in total. The summed E-state index contributed by atoms with van der Waals surface area (Å²) < 4.78 is 18.4. The zero-order valence-corrected chi connectivity index (χ0v) is 11.6. The quantitative estimate of drug-likeness (QED) is 0.831. The van der Waals surface area contributed by atoms with Crippen molar-refractivity contribution in [2.75, 3.05) is 13.7 Å². The summed E-state index contributed by atoms with van der Waals surface area (Å²) in [5.41, 5.74) is 0.633. The molecule has 0 bridgehead atoms. The van der Waals surface area contributed by atoms with Crippen LogP contribution in [0.2, 0.25) is 0 Å². The molecule has 1 rings (SSSR count). The average Bonchev–Trinajstić information content (AvgIpc) is 2.42. The molecule has 0 aliphatic rings. The first-order valence-electron chi connectivity index (χ1n) is 6.30. The summed E-state index contributed by atoms with van der Waals surface area (Å²) in [4.78, 5) is 23.8. The second-order valence-electron chi connectivity index (χ2n) is 4.27. The molecule has 0 aliphatic carbocycles. The lowest BCUT2D eigenvalue weighted by Gasteiger charge is -2.21.